The number of ether oxygens (including phenoxy) is 1. The van der Waals surface area contributed by atoms with Crippen LogP contribution >= 0.6 is 11.6 Å². The van der Waals surface area contributed by atoms with Crippen LogP contribution in [0.25, 0.3) is 11.3 Å². The molecule has 1 N–H and O–H groups in total. The van der Waals surface area contributed by atoms with Crippen LogP contribution in [0.2, 0.25) is 5.02 Å². The number of nitrogens with zero attached hydrogens (tertiary/aromatic N) is 2. The summed E-state index contributed by atoms with van der Waals surface area (Å²) in [5.74, 6) is 0.173. The number of aryl methyl sites for hydroxylation is 2. The Morgan fingerprint density at radius 1 is 1.17 bits per heavy atom. The highest BCUT2D eigenvalue weighted by Gasteiger charge is 2.22. The minimum atomic E-state index is -0.761. The molecule has 156 valence electrons. The van der Waals surface area contributed by atoms with Gasteiger partial charge in [-0.05, 0) is 56.2 Å². The average molecular weight is 426 g/mol. The van der Waals surface area contributed by atoms with Gasteiger partial charge in [0, 0.05) is 17.3 Å². The zero-order valence-corrected chi connectivity index (χ0v) is 18.2. The number of carbonyl (C=O) groups is 1. The number of carbonyl (C=O) groups excluding carboxylic acids is 1. The lowest BCUT2D eigenvalue weighted by Gasteiger charge is -2.18. The van der Waals surface area contributed by atoms with Crippen molar-refractivity contribution >= 4 is 23.2 Å². The van der Waals surface area contributed by atoms with Gasteiger partial charge in [-0.15, -0.1) is 0 Å². The van der Waals surface area contributed by atoms with E-state index in [1.165, 1.54) is 17.9 Å². The van der Waals surface area contributed by atoms with Gasteiger partial charge in [0.25, 0.3) is 5.56 Å². The van der Waals surface area contributed by atoms with Gasteiger partial charge >= 0.3 is 0 Å². The third-order valence-electron chi connectivity index (χ3n) is 4.90. The van der Waals surface area contributed by atoms with Gasteiger partial charge in [0.15, 0.2) is 0 Å². The van der Waals surface area contributed by atoms with E-state index in [0.29, 0.717) is 28.6 Å². The van der Waals surface area contributed by atoms with Gasteiger partial charge in [0.05, 0.1) is 17.8 Å². The van der Waals surface area contributed by atoms with E-state index in [-0.39, 0.29) is 11.5 Å². The Kier molecular flexibility index (Phi) is 6.57. The lowest BCUT2D eigenvalue weighted by molar-refractivity contribution is -0.119. The molecule has 3 rings (SSSR count). The summed E-state index contributed by atoms with van der Waals surface area (Å²) in [7, 11) is 1.52. The summed E-state index contributed by atoms with van der Waals surface area (Å²) in [6.07, 6.45) is 0.402. The Bertz CT molecular complexity index is 1140. The third-order valence-corrected chi connectivity index (χ3v) is 5.19. The molecule has 0 saturated heterocycles. The molecular formula is C23H24ClN3O3. The number of nitrogens with one attached hydrogen (secondary N) is 1. The molecule has 0 unspecified atom stereocenters. The smallest absolute Gasteiger partial charge is 0.267 e. The summed E-state index contributed by atoms with van der Waals surface area (Å²) in [5, 5.41) is 7.72. The Labute approximate surface area is 180 Å². The SMILES string of the molecule is CC[C@H](C(=O)Nc1ccc(OC)c(Cl)c1)n1nc(-c2cc(C)ccc2C)ccc1=O. The monoisotopic (exact) mass is 425 g/mol. The summed E-state index contributed by atoms with van der Waals surface area (Å²) in [6, 6.07) is 13.4. The van der Waals surface area contributed by atoms with Crippen LogP contribution in [0, 0.1) is 13.8 Å². The molecule has 0 spiro atoms. The van der Waals surface area contributed by atoms with Gasteiger partial charge in [-0.2, -0.15) is 5.10 Å². The topological polar surface area (TPSA) is 73.2 Å². The van der Waals surface area contributed by atoms with Crippen LogP contribution in [0.15, 0.2) is 53.3 Å². The number of rotatable bonds is 6. The van der Waals surface area contributed by atoms with Gasteiger partial charge in [-0.3, -0.25) is 9.59 Å². The lowest BCUT2D eigenvalue weighted by atomic mass is 10.0. The fourth-order valence-electron chi connectivity index (χ4n) is 3.24. The predicted molar refractivity (Wildman–Crippen MR) is 119 cm³/mol. The number of benzene rings is 2. The maximum atomic E-state index is 12.9. The highest BCUT2D eigenvalue weighted by molar-refractivity contribution is 6.32. The Morgan fingerprint density at radius 3 is 2.60 bits per heavy atom. The highest BCUT2D eigenvalue weighted by atomic mass is 35.5. The maximum absolute atomic E-state index is 12.9. The van der Waals surface area contributed by atoms with Crippen molar-refractivity contribution in [2.45, 2.75) is 33.2 Å². The Balaban J connectivity index is 1.94. The van der Waals surface area contributed by atoms with Crippen LogP contribution in [0.5, 0.6) is 5.75 Å². The van der Waals surface area contributed by atoms with E-state index in [9.17, 15) is 9.59 Å². The quantitative estimate of drug-likeness (QED) is 0.616. The van der Waals surface area contributed by atoms with E-state index in [0.717, 1.165) is 16.7 Å². The summed E-state index contributed by atoms with van der Waals surface area (Å²) >= 11 is 6.14. The van der Waals surface area contributed by atoms with E-state index >= 15 is 0 Å². The second-order valence-corrected chi connectivity index (χ2v) is 7.49. The van der Waals surface area contributed by atoms with Gasteiger partial charge in [0.1, 0.15) is 11.8 Å². The van der Waals surface area contributed by atoms with Crippen molar-refractivity contribution < 1.29 is 9.53 Å². The molecule has 0 aliphatic heterocycles. The van der Waals surface area contributed by atoms with E-state index < -0.39 is 6.04 Å². The molecule has 0 bridgehead atoms. The number of aromatic nitrogens is 2. The molecule has 1 amide bonds. The molecule has 0 radical (unpaired) electrons. The number of halogens is 1. The molecule has 0 aliphatic carbocycles. The Morgan fingerprint density at radius 2 is 1.93 bits per heavy atom. The van der Waals surface area contributed by atoms with Crippen LogP contribution in [-0.4, -0.2) is 22.8 Å². The fourth-order valence-corrected chi connectivity index (χ4v) is 3.50. The summed E-state index contributed by atoms with van der Waals surface area (Å²) in [5.41, 5.74) is 3.90. The first-order chi connectivity index (χ1) is 14.3. The first-order valence-corrected chi connectivity index (χ1v) is 10.0. The maximum Gasteiger partial charge on any atom is 0.267 e. The molecule has 0 fully saturated rings. The zero-order valence-electron chi connectivity index (χ0n) is 17.4. The van der Waals surface area contributed by atoms with Crippen molar-refractivity contribution in [3.8, 4) is 17.0 Å². The summed E-state index contributed by atoms with van der Waals surface area (Å²) in [4.78, 5) is 25.5. The number of hydrogen-bond donors (Lipinski definition) is 1. The second kappa shape index (κ2) is 9.13. The standard InChI is InChI=1S/C23H24ClN3O3/c1-5-20(23(29)25-16-8-10-21(30-4)18(24)13-16)27-22(28)11-9-19(26-27)17-12-14(2)6-7-15(17)3/h6-13,20H,5H2,1-4H3,(H,25,29)/t20-/m1/s1. The molecule has 6 nitrogen and oxygen atoms in total. The molecule has 30 heavy (non-hydrogen) atoms. The van der Waals surface area contributed by atoms with Gasteiger partial charge in [-0.25, -0.2) is 4.68 Å². The molecule has 7 heteroatoms. The van der Waals surface area contributed by atoms with E-state index in [1.807, 2.05) is 39.0 Å². The predicted octanol–water partition coefficient (Wildman–Crippen LogP) is 4.78. The summed E-state index contributed by atoms with van der Waals surface area (Å²) in [6.45, 7) is 5.83. The number of methoxy groups -OCH3 is 1. The normalized spacial score (nSPS) is 11.8. The zero-order chi connectivity index (χ0) is 21.8. The molecule has 2 aromatic carbocycles. The van der Waals surface area contributed by atoms with Crippen molar-refractivity contribution in [1.82, 2.24) is 9.78 Å². The lowest BCUT2D eigenvalue weighted by Crippen LogP contribution is -2.34. The van der Waals surface area contributed by atoms with Gasteiger partial charge < -0.3 is 10.1 Å². The van der Waals surface area contributed by atoms with Crippen molar-refractivity contribution in [1.29, 1.82) is 0 Å². The highest BCUT2D eigenvalue weighted by Crippen LogP contribution is 2.28. The van der Waals surface area contributed by atoms with Gasteiger partial charge in [0.2, 0.25) is 5.91 Å². The van der Waals surface area contributed by atoms with Crippen LogP contribution in [-0.2, 0) is 4.79 Å². The van der Waals surface area contributed by atoms with Crippen molar-refractivity contribution in [3.05, 3.63) is 75.0 Å². The third kappa shape index (κ3) is 4.54. The molecule has 1 atom stereocenters. The van der Waals surface area contributed by atoms with Crippen LogP contribution in [0.1, 0.15) is 30.5 Å². The summed E-state index contributed by atoms with van der Waals surface area (Å²) < 4.78 is 6.38. The van der Waals surface area contributed by atoms with E-state index in [2.05, 4.69) is 10.4 Å². The van der Waals surface area contributed by atoms with Crippen LogP contribution < -0.4 is 15.6 Å². The average Bonchev–Trinajstić information content (AvgIpc) is 2.72. The van der Waals surface area contributed by atoms with Crippen LogP contribution in [0.3, 0.4) is 0 Å². The first-order valence-electron chi connectivity index (χ1n) is 9.66. The fraction of sp³-hybridized carbons (Fsp3) is 0.261. The van der Waals surface area contributed by atoms with Crippen molar-refractivity contribution in [2.24, 2.45) is 0 Å². The van der Waals surface area contributed by atoms with E-state index in [4.69, 9.17) is 16.3 Å². The first kappa shape index (κ1) is 21.6. The second-order valence-electron chi connectivity index (χ2n) is 7.08. The minimum absolute atomic E-state index is 0.334. The molecular weight excluding hydrogens is 402 g/mol. The Hall–Kier alpha value is -3.12. The molecule has 3 aromatic rings. The molecule has 1 aromatic heterocycles. The van der Waals surface area contributed by atoms with Crippen molar-refractivity contribution in [3.63, 3.8) is 0 Å². The van der Waals surface area contributed by atoms with Gasteiger partial charge in [-0.1, -0.05) is 36.2 Å². The molecule has 0 aliphatic rings. The van der Waals surface area contributed by atoms with Crippen molar-refractivity contribution in [2.75, 3.05) is 12.4 Å². The van der Waals surface area contributed by atoms with Crippen LogP contribution in [0.4, 0.5) is 5.69 Å². The number of hydrogen-bond acceptors (Lipinski definition) is 4. The molecule has 0 saturated carbocycles. The largest absolute Gasteiger partial charge is 0.495 e. The number of anilines is 1. The molecule has 1 heterocycles. The number of amides is 1. The minimum Gasteiger partial charge on any atom is -0.495 e. The van der Waals surface area contributed by atoms with E-state index in [1.54, 1.807) is 24.3 Å².